The maximum atomic E-state index is 12.9. The molecule has 6 heteroatoms. The predicted molar refractivity (Wildman–Crippen MR) is 96.0 cm³/mol. The number of nitrogens with zero attached hydrogens (tertiary/aromatic N) is 1. The number of sulfone groups is 1. The highest BCUT2D eigenvalue weighted by atomic mass is 32.2. The van der Waals surface area contributed by atoms with E-state index in [1.165, 1.54) is 36.4 Å². The third kappa shape index (κ3) is 4.46. The fourth-order valence-electron chi connectivity index (χ4n) is 2.13. The van der Waals surface area contributed by atoms with E-state index in [0.29, 0.717) is 5.69 Å². The second-order valence-electron chi connectivity index (χ2n) is 6.55. The molecule has 0 bridgehead atoms. The predicted octanol–water partition coefficient (Wildman–Crippen LogP) is 4.37. The van der Waals surface area contributed by atoms with E-state index in [-0.39, 0.29) is 10.3 Å². The highest BCUT2D eigenvalue weighted by Crippen LogP contribution is 2.25. The van der Waals surface area contributed by atoms with Gasteiger partial charge in [0, 0.05) is 11.9 Å². The third-order valence-electron chi connectivity index (χ3n) is 3.64. The molecule has 0 amide bonds. The van der Waals surface area contributed by atoms with Gasteiger partial charge in [0.15, 0.2) is 4.91 Å². The van der Waals surface area contributed by atoms with Crippen LogP contribution in [0.5, 0.6) is 0 Å². The number of allylic oxidation sites excluding steroid dienone is 1. The van der Waals surface area contributed by atoms with Crippen molar-refractivity contribution < 1.29 is 12.8 Å². The summed E-state index contributed by atoms with van der Waals surface area (Å²) in [6.07, 6.45) is 1.11. The van der Waals surface area contributed by atoms with Crippen molar-refractivity contribution in [3.05, 3.63) is 71.0 Å². The zero-order valence-corrected chi connectivity index (χ0v) is 15.1. The minimum Gasteiger partial charge on any atom is -0.360 e. The standard InChI is InChI=1S/C19H19FN2O2S/c1-19(2,3)14-4-10-17(11-5-14)25(23,24)18(12-21)13-22-16-8-6-15(20)7-9-16/h4-11,13,22H,1-3H3. The lowest BCUT2D eigenvalue weighted by Gasteiger charge is -2.19. The van der Waals surface area contributed by atoms with E-state index in [9.17, 15) is 18.1 Å². The fraction of sp³-hybridized carbons (Fsp3) is 0.211. The van der Waals surface area contributed by atoms with Gasteiger partial charge in [-0.15, -0.1) is 0 Å². The molecular formula is C19H19FN2O2S. The molecule has 25 heavy (non-hydrogen) atoms. The molecule has 4 nitrogen and oxygen atoms in total. The van der Waals surface area contributed by atoms with E-state index in [4.69, 9.17) is 0 Å². The molecule has 2 aromatic carbocycles. The molecule has 0 spiro atoms. The Morgan fingerprint density at radius 3 is 2.12 bits per heavy atom. The maximum absolute atomic E-state index is 12.9. The molecule has 2 aromatic rings. The number of nitriles is 1. The van der Waals surface area contributed by atoms with Crippen molar-refractivity contribution in [3.8, 4) is 6.07 Å². The van der Waals surface area contributed by atoms with Crippen molar-refractivity contribution in [1.29, 1.82) is 5.26 Å². The Morgan fingerprint density at radius 1 is 1.08 bits per heavy atom. The van der Waals surface area contributed by atoms with Crippen LogP contribution < -0.4 is 5.32 Å². The van der Waals surface area contributed by atoms with E-state index in [1.807, 2.05) is 20.8 Å². The van der Waals surface area contributed by atoms with Crippen molar-refractivity contribution in [3.63, 3.8) is 0 Å². The zero-order chi connectivity index (χ0) is 18.7. The first-order chi connectivity index (χ1) is 11.6. The van der Waals surface area contributed by atoms with Gasteiger partial charge in [-0.3, -0.25) is 0 Å². The van der Waals surface area contributed by atoms with Crippen molar-refractivity contribution in [2.75, 3.05) is 5.32 Å². The third-order valence-corrected chi connectivity index (χ3v) is 5.33. The van der Waals surface area contributed by atoms with E-state index in [1.54, 1.807) is 18.2 Å². The van der Waals surface area contributed by atoms with Crippen molar-refractivity contribution in [1.82, 2.24) is 0 Å². The molecule has 0 aliphatic carbocycles. The Hall–Kier alpha value is -2.65. The van der Waals surface area contributed by atoms with Gasteiger partial charge in [-0.1, -0.05) is 32.9 Å². The van der Waals surface area contributed by atoms with E-state index in [0.717, 1.165) is 11.8 Å². The van der Waals surface area contributed by atoms with Crippen molar-refractivity contribution in [2.24, 2.45) is 0 Å². The van der Waals surface area contributed by atoms with Gasteiger partial charge in [0.1, 0.15) is 11.9 Å². The lowest BCUT2D eigenvalue weighted by molar-refractivity contribution is 0.587. The fourth-order valence-corrected chi connectivity index (χ4v) is 3.21. The van der Waals surface area contributed by atoms with Gasteiger partial charge in [0.05, 0.1) is 4.90 Å². The molecule has 0 aromatic heterocycles. The molecule has 0 atom stereocenters. The van der Waals surface area contributed by atoms with Crippen LogP contribution in [0.3, 0.4) is 0 Å². The van der Waals surface area contributed by atoms with Crippen LogP contribution in [0.4, 0.5) is 10.1 Å². The van der Waals surface area contributed by atoms with Gasteiger partial charge in [0.25, 0.3) is 0 Å². The topological polar surface area (TPSA) is 70.0 Å². The van der Waals surface area contributed by atoms with Crippen molar-refractivity contribution in [2.45, 2.75) is 31.1 Å². The highest BCUT2D eigenvalue weighted by molar-refractivity contribution is 7.95. The number of anilines is 1. The average Bonchev–Trinajstić information content (AvgIpc) is 2.56. The number of benzene rings is 2. The second-order valence-corrected chi connectivity index (χ2v) is 8.47. The number of rotatable bonds is 4. The average molecular weight is 358 g/mol. The summed E-state index contributed by atoms with van der Waals surface area (Å²) in [6.45, 7) is 6.09. The largest absolute Gasteiger partial charge is 0.360 e. The van der Waals surface area contributed by atoms with Crippen LogP contribution in [-0.4, -0.2) is 8.42 Å². The summed E-state index contributed by atoms with van der Waals surface area (Å²) < 4.78 is 38.1. The van der Waals surface area contributed by atoms with E-state index < -0.39 is 20.6 Å². The first kappa shape index (κ1) is 18.7. The number of hydrogen-bond acceptors (Lipinski definition) is 4. The van der Waals surface area contributed by atoms with Gasteiger partial charge < -0.3 is 5.32 Å². The molecule has 0 heterocycles. The van der Waals surface area contributed by atoms with Gasteiger partial charge in [-0.05, 0) is 47.4 Å². The van der Waals surface area contributed by atoms with Crippen LogP contribution in [0.15, 0.2) is 64.5 Å². The molecule has 2 rings (SSSR count). The van der Waals surface area contributed by atoms with E-state index in [2.05, 4.69) is 5.32 Å². The minimum atomic E-state index is -3.93. The van der Waals surface area contributed by atoms with Gasteiger partial charge in [0.2, 0.25) is 9.84 Å². The maximum Gasteiger partial charge on any atom is 0.218 e. The zero-order valence-electron chi connectivity index (χ0n) is 14.2. The van der Waals surface area contributed by atoms with Gasteiger partial charge in [-0.2, -0.15) is 5.26 Å². The molecule has 0 saturated heterocycles. The van der Waals surface area contributed by atoms with Crippen LogP contribution >= 0.6 is 0 Å². The normalized spacial score (nSPS) is 12.5. The lowest BCUT2D eigenvalue weighted by atomic mass is 9.87. The van der Waals surface area contributed by atoms with Crippen LogP contribution in [-0.2, 0) is 15.3 Å². The van der Waals surface area contributed by atoms with Crippen LogP contribution in [0.25, 0.3) is 0 Å². The summed E-state index contributed by atoms with van der Waals surface area (Å²) in [4.78, 5) is -0.366. The summed E-state index contributed by atoms with van der Waals surface area (Å²) in [5.41, 5.74) is 1.38. The van der Waals surface area contributed by atoms with Crippen LogP contribution in [0.2, 0.25) is 0 Å². The summed E-state index contributed by atoms with van der Waals surface area (Å²) in [6, 6.07) is 13.6. The number of nitrogens with one attached hydrogen (secondary N) is 1. The lowest BCUT2D eigenvalue weighted by Crippen LogP contribution is -2.12. The molecule has 0 radical (unpaired) electrons. The minimum absolute atomic E-state index is 0.0502. The van der Waals surface area contributed by atoms with Crippen LogP contribution in [0.1, 0.15) is 26.3 Å². The molecule has 130 valence electrons. The molecular weight excluding hydrogens is 339 g/mol. The molecule has 0 aliphatic rings. The molecule has 0 aliphatic heterocycles. The van der Waals surface area contributed by atoms with Gasteiger partial charge in [-0.25, -0.2) is 12.8 Å². The highest BCUT2D eigenvalue weighted by Gasteiger charge is 2.22. The SMILES string of the molecule is CC(C)(C)c1ccc(S(=O)(=O)C(C#N)=CNc2ccc(F)cc2)cc1. The van der Waals surface area contributed by atoms with Crippen molar-refractivity contribution >= 4 is 15.5 Å². The van der Waals surface area contributed by atoms with Crippen LogP contribution in [0, 0.1) is 17.1 Å². The monoisotopic (exact) mass is 358 g/mol. The first-order valence-electron chi connectivity index (χ1n) is 7.62. The Morgan fingerprint density at radius 2 is 1.64 bits per heavy atom. The van der Waals surface area contributed by atoms with Gasteiger partial charge >= 0.3 is 0 Å². The first-order valence-corrected chi connectivity index (χ1v) is 9.11. The quantitative estimate of drug-likeness (QED) is 0.824. The summed E-state index contributed by atoms with van der Waals surface area (Å²) >= 11 is 0. The Kier molecular flexibility index (Phi) is 5.29. The smallest absolute Gasteiger partial charge is 0.218 e. The molecule has 0 unspecified atom stereocenters. The molecule has 0 saturated carbocycles. The summed E-state index contributed by atoms with van der Waals surface area (Å²) in [7, 11) is -3.93. The molecule has 0 fully saturated rings. The summed E-state index contributed by atoms with van der Waals surface area (Å²) in [5.74, 6) is -0.401. The second kappa shape index (κ2) is 7.08. The molecule has 1 N–H and O–H groups in total. The Bertz CT molecular complexity index is 917. The number of hydrogen-bond donors (Lipinski definition) is 1. The number of halogens is 1. The van der Waals surface area contributed by atoms with E-state index >= 15 is 0 Å². The summed E-state index contributed by atoms with van der Waals surface area (Å²) in [5, 5.41) is 11.9. The Balaban J connectivity index is 2.30. The Labute approximate surface area is 147 Å².